The van der Waals surface area contributed by atoms with Crippen molar-refractivity contribution in [3.05, 3.63) is 71.0 Å². The lowest BCUT2D eigenvalue weighted by Gasteiger charge is -2.35. The molecule has 3 aromatic rings. The van der Waals surface area contributed by atoms with Crippen molar-refractivity contribution >= 4 is 16.8 Å². The van der Waals surface area contributed by atoms with E-state index in [-0.39, 0.29) is 35.7 Å². The predicted molar refractivity (Wildman–Crippen MR) is 116 cm³/mol. The number of hydrogen-bond acceptors (Lipinski definition) is 5. The molecule has 0 spiro atoms. The standard InChI is InChI=1S/C24H24FN3O4/c25-17-5-7-18(8-6-17)32-22-10-16-12-27(11-15(16)9-21(22)29)23(30)13-28-14-26-20-4-2-1-3-19(20)24(28)31/h1-8,14-16,21-22,29H,9-13H2/t15-,16+,21+,22+/m0/s1. The van der Waals surface area contributed by atoms with Crippen molar-refractivity contribution in [1.29, 1.82) is 0 Å². The number of halogens is 1. The van der Waals surface area contributed by atoms with Crippen LogP contribution in [0.4, 0.5) is 4.39 Å². The first-order valence-corrected chi connectivity index (χ1v) is 10.8. The van der Waals surface area contributed by atoms with Gasteiger partial charge in [0.25, 0.3) is 5.56 Å². The van der Waals surface area contributed by atoms with E-state index < -0.39 is 12.2 Å². The first-order valence-electron chi connectivity index (χ1n) is 10.8. The van der Waals surface area contributed by atoms with Crippen LogP contribution in [0.15, 0.2) is 59.7 Å². The van der Waals surface area contributed by atoms with Crippen LogP contribution in [-0.2, 0) is 11.3 Å². The summed E-state index contributed by atoms with van der Waals surface area (Å²) < 4.78 is 20.4. The number of aliphatic hydroxyl groups is 1. The second-order valence-electron chi connectivity index (χ2n) is 8.66. The van der Waals surface area contributed by atoms with Crippen LogP contribution in [0.1, 0.15) is 12.8 Å². The second-order valence-corrected chi connectivity index (χ2v) is 8.66. The highest BCUT2D eigenvalue weighted by molar-refractivity contribution is 5.79. The van der Waals surface area contributed by atoms with Gasteiger partial charge in [-0.25, -0.2) is 9.37 Å². The highest BCUT2D eigenvalue weighted by atomic mass is 19.1. The Kier molecular flexibility index (Phi) is 5.38. The van der Waals surface area contributed by atoms with Crippen molar-refractivity contribution in [2.24, 2.45) is 11.8 Å². The molecule has 8 heteroatoms. The maximum atomic E-state index is 13.1. The van der Waals surface area contributed by atoms with E-state index >= 15 is 0 Å². The second kappa shape index (κ2) is 8.35. The lowest BCUT2D eigenvalue weighted by atomic mass is 9.78. The number of nitrogens with zero attached hydrogens (tertiary/aromatic N) is 3. The molecule has 2 fully saturated rings. The number of rotatable bonds is 4. The molecule has 2 heterocycles. The molecule has 7 nitrogen and oxygen atoms in total. The maximum Gasteiger partial charge on any atom is 0.261 e. The minimum Gasteiger partial charge on any atom is -0.488 e. The molecule has 2 aliphatic rings. The highest BCUT2D eigenvalue weighted by Gasteiger charge is 2.43. The van der Waals surface area contributed by atoms with E-state index in [9.17, 15) is 19.1 Å². The van der Waals surface area contributed by atoms with Crippen molar-refractivity contribution in [2.45, 2.75) is 31.6 Å². The molecule has 1 N–H and O–H groups in total. The van der Waals surface area contributed by atoms with Gasteiger partial charge in [-0.15, -0.1) is 0 Å². The molecular weight excluding hydrogens is 413 g/mol. The fourth-order valence-electron chi connectivity index (χ4n) is 4.87. The Morgan fingerprint density at radius 1 is 1.09 bits per heavy atom. The predicted octanol–water partition coefficient (Wildman–Crippen LogP) is 2.21. The van der Waals surface area contributed by atoms with Gasteiger partial charge in [0.15, 0.2) is 0 Å². The number of amides is 1. The van der Waals surface area contributed by atoms with Gasteiger partial charge in [0.05, 0.1) is 23.3 Å². The fourth-order valence-corrected chi connectivity index (χ4v) is 4.87. The molecule has 2 aromatic carbocycles. The van der Waals surface area contributed by atoms with Crippen LogP contribution < -0.4 is 10.3 Å². The van der Waals surface area contributed by atoms with Crippen LogP contribution in [-0.4, -0.2) is 50.8 Å². The summed E-state index contributed by atoms with van der Waals surface area (Å²) in [6.07, 6.45) is 1.53. The van der Waals surface area contributed by atoms with E-state index in [0.717, 1.165) is 0 Å². The summed E-state index contributed by atoms with van der Waals surface area (Å²) >= 11 is 0. The first kappa shape index (κ1) is 20.6. The Morgan fingerprint density at radius 2 is 1.81 bits per heavy atom. The average molecular weight is 437 g/mol. The largest absolute Gasteiger partial charge is 0.488 e. The number of ether oxygens (including phenoxy) is 1. The molecule has 32 heavy (non-hydrogen) atoms. The number of fused-ring (bicyclic) bond motifs is 2. The van der Waals surface area contributed by atoms with Gasteiger partial charge < -0.3 is 14.7 Å². The van der Waals surface area contributed by atoms with E-state index in [1.54, 1.807) is 35.2 Å². The third-order valence-electron chi connectivity index (χ3n) is 6.58. The van der Waals surface area contributed by atoms with Crippen LogP contribution in [0, 0.1) is 17.7 Å². The van der Waals surface area contributed by atoms with Crippen LogP contribution in [0.3, 0.4) is 0 Å². The molecule has 1 aliphatic heterocycles. The van der Waals surface area contributed by atoms with Crippen LogP contribution >= 0.6 is 0 Å². The Labute approximate surface area is 184 Å². The van der Waals surface area contributed by atoms with E-state index in [1.165, 1.54) is 23.0 Å². The van der Waals surface area contributed by atoms with Crippen LogP contribution in [0.5, 0.6) is 5.75 Å². The number of carbonyl (C=O) groups excluding carboxylic acids is 1. The van der Waals surface area contributed by atoms with E-state index in [2.05, 4.69) is 4.98 Å². The fraction of sp³-hybridized carbons (Fsp3) is 0.375. The van der Waals surface area contributed by atoms with Crippen molar-refractivity contribution in [1.82, 2.24) is 14.5 Å². The summed E-state index contributed by atoms with van der Waals surface area (Å²) in [6, 6.07) is 12.8. The lowest BCUT2D eigenvalue weighted by molar-refractivity contribution is -0.131. The Balaban J connectivity index is 1.25. The monoisotopic (exact) mass is 437 g/mol. The van der Waals surface area contributed by atoms with Crippen molar-refractivity contribution in [3.63, 3.8) is 0 Å². The molecule has 5 rings (SSSR count). The summed E-state index contributed by atoms with van der Waals surface area (Å²) in [5, 5.41) is 11.1. The molecule has 1 aromatic heterocycles. The van der Waals surface area contributed by atoms with Gasteiger partial charge in [0.1, 0.15) is 24.2 Å². The number of benzene rings is 2. The van der Waals surface area contributed by atoms with E-state index in [1.807, 2.05) is 6.07 Å². The zero-order valence-corrected chi connectivity index (χ0v) is 17.4. The van der Waals surface area contributed by atoms with E-state index in [4.69, 9.17) is 4.74 Å². The zero-order valence-electron chi connectivity index (χ0n) is 17.4. The van der Waals surface area contributed by atoms with Gasteiger partial charge in [-0.3, -0.25) is 14.2 Å². The molecule has 4 atom stereocenters. The summed E-state index contributed by atoms with van der Waals surface area (Å²) in [6.45, 7) is 1.06. The Hall–Kier alpha value is -3.26. The van der Waals surface area contributed by atoms with Gasteiger partial charge in [0, 0.05) is 13.1 Å². The summed E-state index contributed by atoms with van der Waals surface area (Å²) in [4.78, 5) is 31.7. The molecule has 1 saturated heterocycles. The highest BCUT2D eigenvalue weighted by Crippen LogP contribution is 2.38. The minimum absolute atomic E-state index is 0.0613. The average Bonchev–Trinajstić information content (AvgIpc) is 3.20. The van der Waals surface area contributed by atoms with Crippen LogP contribution in [0.25, 0.3) is 10.9 Å². The third kappa shape index (κ3) is 3.98. The van der Waals surface area contributed by atoms with Crippen molar-refractivity contribution in [2.75, 3.05) is 13.1 Å². The topological polar surface area (TPSA) is 84.7 Å². The summed E-state index contributed by atoms with van der Waals surface area (Å²) in [7, 11) is 0. The van der Waals surface area contributed by atoms with Gasteiger partial charge in [-0.1, -0.05) is 12.1 Å². The zero-order chi connectivity index (χ0) is 22.2. The quantitative estimate of drug-likeness (QED) is 0.677. The van der Waals surface area contributed by atoms with Gasteiger partial charge in [-0.2, -0.15) is 0 Å². The number of aromatic nitrogens is 2. The van der Waals surface area contributed by atoms with Crippen molar-refractivity contribution in [3.8, 4) is 5.75 Å². The molecule has 0 radical (unpaired) electrons. The third-order valence-corrected chi connectivity index (χ3v) is 6.58. The van der Waals surface area contributed by atoms with Gasteiger partial charge in [-0.05, 0) is 61.1 Å². The molecule has 1 saturated carbocycles. The molecule has 1 aliphatic carbocycles. The summed E-state index contributed by atoms with van der Waals surface area (Å²) in [5.41, 5.74) is 0.373. The molecule has 0 unspecified atom stereocenters. The van der Waals surface area contributed by atoms with Crippen LogP contribution in [0.2, 0.25) is 0 Å². The Bertz CT molecular complexity index is 1200. The molecular formula is C24H24FN3O4. The number of likely N-dealkylation sites (tertiary alicyclic amines) is 1. The normalized spacial score (nSPS) is 25.0. The van der Waals surface area contributed by atoms with Gasteiger partial charge in [0.2, 0.25) is 5.91 Å². The smallest absolute Gasteiger partial charge is 0.261 e. The van der Waals surface area contributed by atoms with E-state index in [0.29, 0.717) is 42.6 Å². The first-order chi connectivity index (χ1) is 15.5. The Morgan fingerprint density at radius 3 is 2.59 bits per heavy atom. The SMILES string of the molecule is O=C(Cn1cnc2ccccc2c1=O)N1C[C@H]2C[C@@H](Oc3ccc(F)cc3)[C@H](O)C[C@H]2C1. The molecule has 166 valence electrons. The summed E-state index contributed by atoms with van der Waals surface area (Å²) in [5.74, 6) is 0.437. The lowest BCUT2D eigenvalue weighted by Crippen LogP contribution is -2.42. The van der Waals surface area contributed by atoms with Gasteiger partial charge >= 0.3 is 0 Å². The maximum absolute atomic E-state index is 13.1. The number of carbonyl (C=O) groups is 1. The molecule has 1 amide bonds. The minimum atomic E-state index is -0.649. The number of aliphatic hydroxyl groups excluding tert-OH is 1. The van der Waals surface area contributed by atoms with Crippen molar-refractivity contribution < 1.29 is 19.0 Å². The number of para-hydroxylation sites is 1. The molecule has 0 bridgehead atoms. The number of hydrogen-bond donors (Lipinski definition) is 1.